The Morgan fingerprint density at radius 2 is 0.429 bits per heavy atom. The second-order valence-corrected chi connectivity index (χ2v) is 8.76. The van der Waals surface area contributed by atoms with Crippen LogP contribution in [0.15, 0.2) is 0 Å². The van der Waals surface area contributed by atoms with Crippen LogP contribution in [-0.4, -0.2) is 95.0 Å². The third-order valence-electron chi connectivity index (χ3n) is 5.54. The van der Waals surface area contributed by atoms with Crippen molar-refractivity contribution in [3.8, 4) is 0 Å². The Morgan fingerprint density at radius 3 is 0.592 bits per heavy atom. The molecule has 0 aromatic heterocycles. The standard InChI is InChI=1S/C17H2F30O2/c18-4(19,6(22,23)8(26,27)10(30,31)12(34,35)14(38,39)16(42,43)44)2(48)1-3(49)5(20,21)7(24,25)9(28,29)11(32,33)13(36,37)15(40,41)17(45,46)47/h1H2/i1D. The summed E-state index contributed by atoms with van der Waals surface area (Å²) in [5, 5.41) is 0. The fourth-order valence-electron chi connectivity index (χ4n) is 2.54. The van der Waals surface area contributed by atoms with Gasteiger partial charge in [-0.05, 0) is 0 Å². The summed E-state index contributed by atoms with van der Waals surface area (Å²) in [6, 6.07) is 0. The van der Waals surface area contributed by atoms with Crippen LogP contribution in [0.3, 0.4) is 0 Å². The first-order chi connectivity index (χ1) is 21.0. The molecule has 0 aliphatic heterocycles. The molecule has 0 saturated carbocycles. The molecule has 0 unspecified atom stereocenters. The van der Waals surface area contributed by atoms with Crippen LogP contribution in [0, 0.1) is 0 Å². The van der Waals surface area contributed by atoms with Crippen molar-refractivity contribution in [2.24, 2.45) is 0 Å². The van der Waals surface area contributed by atoms with Gasteiger partial charge >= 0.3 is 83.4 Å². The van der Waals surface area contributed by atoms with E-state index in [2.05, 4.69) is 0 Å². The molecule has 32 heteroatoms. The van der Waals surface area contributed by atoms with Gasteiger partial charge in [-0.3, -0.25) is 9.59 Å². The zero-order chi connectivity index (χ0) is 41.7. The lowest BCUT2D eigenvalue weighted by Crippen LogP contribution is -2.74. The van der Waals surface area contributed by atoms with Gasteiger partial charge in [0.15, 0.2) is 0 Å². The molecule has 0 spiro atoms. The van der Waals surface area contributed by atoms with E-state index < -0.39 is 101 Å². The third-order valence-corrected chi connectivity index (χ3v) is 5.54. The first-order valence-corrected chi connectivity index (χ1v) is 10.2. The number of alkyl halides is 30. The molecule has 0 saturated heterocycles. The summed E-state index contributed by atoms with van der Waals surface area (Å²) < 4.78 is 400. The van der Waals surface area contributed by atoms with Gasteiger partial charge in [-0.15, -0.1) is 0 Å². The molecule has 292 valence electrons. The molecule has 0 atom stereocenters. The van der Waals surface area contributed by atoms with E-state index in [0.717, 1.165) is 0 Å². The summed E-state index contributed by atoms with van der Waals surface area (Å²) >= 11 is 0. The number of ketones is 2. The molecular weight excluding hydrogens is 806 g/mol. The molecular formula is C17H2F30O2. The SMILES string of the molecule is [2H]C(C(=O)C(F)(F)C(F)(F)C(F)(F)C(F)(F)C(F)(F)C(F)(F)C(F)(F)F)C(=O)C(F)(F)C(F)(F)C(F)(F)C(F)(F)C(F)(F)C(F)(F)C(F)(F)F. The van der Waals surface area contributed by atoms with Crippen LogP contribution in [-0.2, 0) is 9.59 Å². The third kappa shape index (κ3) is 5.75. The van der Waals surface area contributed by atoms with Gasteiger partial charge in [0, 0.05) is 1.37 Å². The summed E-state index contributed by atoms with van der Waals surface area (Å²) in [5.74, 6) is -119. The number of hydrogen-bond donors (Lipinski definition) is 0. The smallest absolute Gasteiger partial charge is 0.292 e. The van der Waals surface area contributed by atoms with Crippen molar-refractivity contribution >= 4 is 11.6 Å². The first kappa shape index (κ1) is 44.3. The molecule has 0 rings (SSSR count). The number of carbonyl (C=O) groups excluding carboxylic acids is 2. The zero-order valence-electron chi connectivity index (χ0n) is 21.7. The number of Topliss-reactive ketones (excluding diaryl/α,β-unsaturated/α-hetero) is 2. The number of rotatable bonds is 14. The van der Waals surface area contributed by atoms with Crippen LogP contribution < -0.4 is 0 Å². The number of hydrogen-bond acceptors (Lipinski definition) is 2. The maximum absolute atomic E-state index is 13.8. The predicted octanol–water partition coefficient (Wildman–Crippen LogP) is 9.26. The summed E-state index contributed by atoms with van der Waals surface area (Å²) in [7, 11) is 0. The maximum atomic E-state index is 13.8. The lowest BCUT2D eigenvalue weighted by molar-refractivity contribution is -0.450. The Balaban J connectivity index is 7.19. The zero-order valence-corrected chi connectivity index (χ0v) is 20.7. The molecule has 0 aromatic rings. The Bertz CT molecular complexity index is 1200. The second-order valence-electron chi connectivity index (χ2n) is 8.76. The van der Waals surface area contributed by atoms with Crippen LogP contribution in [0.4, 0.5) is 132 Å². The van der Waals surface area contributed by atoms with Crippen LogP contribution >= 0.6 is 0 Å². The Hall–Kier alpha value is -2.76. The Morgan fingerprint density at radius 1 is 0.286 bits per heavy atom. The van der Waals surface area contributed by atoms with Gasteiger partial charge in [0.05, 0.1) is 6.40 Å². The molecule has 0 bridgehead atoms. The minimum absolute atomic E-state index is 5.49. The first-order valence-electron chi connectivity index (χ1n) is 10.7. The van der Waals surface area contributed by atoms with E-state index >= 15 is 0 Å². The highest BCUT2D eigenvalue weighted by Gasteiger charge is 2.96. The van der Waals surface area contributed by atoms with Gasteiger partial charge in [-0.25, -0.2) is 0 Å². The average molecular weight is 809 g/mol. The summed E-state index contributed by atoms with van der Waals surface area (Å²) in [5.41, 5.74) is 0. The quantitative estimate of drug-likeness (QED) is 0.130. The molecule has 0 aromatic carbocycles. The molecule has 0 radical (unpaired) electrons. The van der Waals surface area contributed by atoms with Crippen molar-refractivity contribution in [3.05, 3.63) is 0 Å². The largest absolute Gasteiger partial charge is 0.460 e. The fourth-order valence-corrected chi connectivity index (χ4v) is 2.54. The summed E-state index contributed by atoms with van der Waals surface area (Å²) in [4.78, 5) is 22.5. The topological polar surface area (TPSA) is 34.1 Å². The second kappa shape index (κ2) is 11.4. The van der Waals surface area contributed by atoms with E-state index in [9.17, 15) is 141 Å². The lowest BCUT2D eigenvalue weighted by Gasteiger charge is -2.41. The lowest BCUT2D eigenvalue weighted by atomic mass is 9.86. The van der Waals surface area contributed by atoms with Crippen LogP contribution in [0.1, 0.15) is 7.77 Å². The fraction of sp³-hybridized carbons (Fsp3) is 0.882. The van der Waals surface area contributed by atoms with Crippen molar-refractivity contribution < 1.29 is 143 Å². The van der Waals surface area contributed by atoms with Gasteiger partial charge in [0.25, 0.3) is 0 Å². The summed E-state index contributed by atoms with van der Waals surface area (Å²) in [6.07, 6.45) is -22.5. The van der Waals surface area contributed by atoms with E-state index in [1.54, 1.807) is 0 Å². The minimum Gasteiger partial charge on any atom is -0.292 e. The predicted molar refractivity (Wildman–Crippen MR) is 86.1 cm³/mol. The van der Waals surface area contributed by atoms with Gasteiger partial charge in [0.2, 0.25) is 11.6 Å². The van der Waals surface area contributed by atoms with E-state index in [1.165, 1.54) is 0 Å². The molecule has 0 aliphatic carbocycles. The van der Waals surface area contributed by atoms with Crippen molar-refractivity contribution in [3.63, 3.8) is 0 Å². The molecule has 2 nitrogen and oxygen atoms in total. The molecule has 49 heavy (non-hydrogen) atoms. The van der Waals surface area contributed by atoms with Crippen molar-refractivity contribution in [2.45, 2.75) is 89.8 Å². The highest BCUT2D eigenvalue weighted by Crippen LogP contribution is 2.64. The van der Waals surface area contributed by atoms with E-state index in [1.807, 2.05) is 0 Å². The molecule has 0 aliphatic rings. The Labute approximate surface area is 245 Å². The average Bonchev–Trinajstić information content (AvgIpc) is 2.89. The van der Waals surface area contributed by atoms with Gasteiger partial charge in [0.1, 0.15) is 0 Å². The number of halogens is 30. The van der Waals surface area contributed by atoms with Crippen LogP contribution in [0.5, 0.6) is 0 Å². The highest BCUT2D eigenvalue weighted by atomic mass is 19.4. The normalized spacial score (nSPS) is 17.0. The molecule has 0 N–H and O–H groups in total. The van der Waals surface area contributed by atoms with Crippen LogP contribution in [0.25, 0.3) is 0 Å². The van der Waals surface area contributed by atoms with Crippen molar-refractivity contribution in [1.29, 1.82) is 0 Å². The monoisotopic (exact) mass is 809 g/mol. The minimum atomic E-state index is -9.31. The van der Waals surface area contributed by atoms with Crippen molar-refractivity contribution in [2.75, 3.05) is 0 Å². The van der Waals surface area contributed by atoms with E-state index in [0.29, 0.717) is 0 Å². The van der Waals surface area contributed by atoms with Gasteiger partial charge in [-0.2, -0.15) is 132 Å². The van der Waals surface area contributed by atoms with Gasteiger partial charge < -0.3 is 0 Å². The van der Waals surface area contributed by atoms with E-state index in [4.69, 9.17) is 1.37 Å². The highest BCUT2D eigenvalue weighted by molar-refractivity contribution is 6.06. The van der Waals surface area contributed by atoms with Gasteiger partial charge in [-0.1, -0.05) is 0 Å². The maximum Gasteiger partial charge on any atom is 0.460 e. The molecule has 0 heterocycles. The van der Waals surface area contributed by atoms with E-state index in [-0.39, 0.29) is 0 Å². The van der Waals surface area contributed by atoms with Crippen molar-refractivity contribution in [1.82, 2.24) is 0 Å². The summed E-state index contributed by atoms with van der Waals surface area (Å²) in [6.45, 7) is 0. The molecule has 0 amide bonds. The molecule has 0 fully saturated rings. The van der Waals surface area contributed by atoms with Crippen LogP contribution in [0.2, 0.25) is 0 Å². The number of carbonyl (C=O) groups is 2. The Kier molecular flexibility index (Phi) is 10.3.